The minimum absolute atomic E-state index is 0.0812. The molecular formula is C17H13NO. The topological polar surface area (TPSA) is 30.0 Å². The number of hydrogen-bond donors (Lipinski definition) is 0. The molecule has 3 aromatic rings. The lowest BCUT2D eigenvalue weighted by Crippen LogP contribution is -1.92. The van der Waals surface area contributed by atoms with Gasteiger partial charge in [0.05, 0.1) is 0 Å². The third kappa shape index (κ3) is 2.13. The Morgan fingerprint density at radius 3 is 2.53 bits per heavy atom. The number of pyridine rings is 1. The molecular weight excluding hydrogens is 234 g/mol. The Morgan fingerprint density at radius 2 is 1.79 bits per heavy atom. The molecule has 0 aliphatic carbocycles. The number of carbonyl (C=O) groups is 1. The van der Waals surface area contributed by atoms with Gasteiger partial charge in [-0.3, -0.25) is 9.78 Å². The van der Waals surface area contributed by atoms with Crippen molar-refractivity contribution in [3.8, 4) is 11.1 Å². The first-order valence-corrected chi connectivity index (χ1v) is 6.20. The predicted octanol–water partition coefficient (Wildman–Crippen LogP) is 4.10. The van der Waals surface area contributed by atoms with E-state index >= 15 is 0 Å². The van der Waals surface area contributed by atoms with Crippen molar-refractivity contribution >= 4 is 16.6 Å². The SMILES string of the molecule is CC(=O)c1ccc2cncc(-c3ccccc3)c2c1. The molecule has 1 heterocycles. The number of rotatable bonds is 2. The fraction of sp³-hybridized carbons (Fsp3) is 0.0588. The van der Waals surface area contributed by atoms with Crippen molar-refractivity contribution < 1.29 is 4.79 Å². The maximum Gasteiger partial charge on any atom is 0.159 e. The molecule has 0 saturated carbocycles. The maximum absolute atomic E-state index is 11.5. The summed E-state index contributed by atoms with van der Waals surface area (Å²) in [5.74, 6) is 0.0812. The van der Waals surface area contributed by atoms with Gasteiger partial charge in [0.1, 0.15) is 0 Å². The maximum atomic E-state index is 11.5. The Labute approximate surface area is 111 Å². The van der Waals surface area contributed by atoms with Crippen LogP contribution < -0.4 is 0 Å². The number of hydrogen-bond acceptors (Lipinski definition) is 2. The van der Waals surface area contributed by atoms with Crippen LogP contribution in [0.15, 0.2) is 60.9 Å². The lowest BCUT2D eigenvalue weighted by Gasteiger charge is -2.07. The van der Waals surface area contributed by atoms with Gasteiger partial charge in [-0.1, -0.05) is 42.5 Å². The van der Waals surface area contributed by atoms with Crippen molar-refractivity contribution in [2.75, 3.05) is 0 Å². The minimum atomic E-state index is 0.0812. The Balaban J connectivity index is 2.30. The van der Waals surface area contributed by atoms with E-state index in [4.69, 9.17) is 0 Å². The molecule has 0 saturated heterocycles. The third-order valence-electron chi connectivity index (χ3n) is 3.25. The van der Waals surface area contributed by atoms with Crippen LogP contribution in [-0.4, -0.2) is 10.8 Å². The van der Waals surface area contributed by atoms with E-state index in [1.165, 1.54) is 0 Å². The van der Waals surface area contributed by atoms with E-state index in [-0.39, 0.29) is 5.78 Å². The zero-order valence-electron chi connectivity index (χ0n) is 10.6. The first kappa shape index (κ1) is 11.6. The summed E-state index contributed by atoms with van der Waals surface area (Å²) in [4.78, 5) is 15.8. The Bertz CT molecular complexity index is 748. The lowest BCUT2D eigenvalue weighted by atomic mass is 9.98. The fourth-order valence-corrected chi connectivity index (χ4v) is 2.23. The molecule has 92 valence electrons. The summed E-state index contributed by atoms with van der Waals surface area (Å²) in [5.41, 5.74) is 2.90. The van der Waals surface area contributed by atoms with Crippen molar-refractivity contribution in [1.29, 1.82) is 0 Å². The molecule has 2 aromatic carbocycles. The molecule has 0 unspecified atom stereocenters. The average molecular weight is 247 g/mol. The second kappa shape index (κ2) is 4.65. The van der Waals surface area contributed by atoms with Crippen LogP contribution in [0, 0.1) is 0 Å². The van der Waals surface area contributed by atoms with Gasteiger partial charge in [-0.25, -0.2) is 0 Å². The molecule has 0 radical (unpaired) electrons. The Hall–Kier alpha value is -2.48. The lowest BCUT2D eigenvalue weighted by molar-refractivity contribution is 0.101. The first-order valence-electron chi connectivity index (χ1n) is 6.20. The van der Waals surface area contributed by atoms with E-state index in [9.17, 15) is 4.79 Å². The Morgan fingerprint density at radius 1 is 1.00 bits per heavy atom. The summed E-state index contributed by atoms with van der Waals surface area (Å²) in [5, 5.41) is 2.11. The van der Waals surface area contributed by atoms with Crippen LogP contribution in [0.3, 0.4) is 0 Å². The summed E-state index contributed by atoms with van der Waals surface area (Å²) in [6.07, 6.45) is 3.67. The fourth-order valence-electron chi connectivity index (χ4n) is 2.23. The third-order valence-corrected chi connectivity index (χ3v) is 3.25. The number of carbonyl (C=O) groups excluding carboxylic acids is 1. The van der Waals surface area contributed by atoms with Gasteiger partial charge in [0.15, 0.2) is 5.78 Å². The quantitative estimate of drug-likeness (QED) is 0.638. The van der Waals surface area contributed by atoms with E-state index in [2.05, 4.69) is 17.1 Å². The molecule has 3 rings (SSSR count). The van der Waals surface area contributed by atoms with Gasteiger partial charge >= 0.3 is 0 Å². The highest BCUT2D eigenvalue weighted by Crippen LogP contribution is 2.28. The minimum Gasteiger partial charge on any atom is -0.295 e. The van der Waals surface area contributed by atoms with E-state index < -0.39 is 0 Å². The normalized spacial score (nSPS) is 10.6. The van der Waals surface area contributed by atoms with Crippen LogP contribution >= 0.6 is 0 Å². The number of nitrogens with zero attached hydrogens (tertiary/aromatic N) is 1. The first-order chi connectivity index (χ1) is 9.25. The summed E-state index contributed by atoms with van der Waals surface area (Å²) < 4.78 is 0. The standard InChI is InChI=1S/C17H13NO/c1-12(19)14-7-8-15-10-18-11-17(16(15)9-14)13-5-3-2-4-6-13/h2-11H,1H3. The zero-order valence-corrected chi connectivity index (χ0v) is 10.6. The molecule has 2 nitrogen and oxygen atoms in total. The van der Waals surface area contributed by atoms with Gasteiger partial charge in [0.2, 0.25) is 0 Å². The molecule has 0 spiro atoms. The summed E-state index contributed by atoms with van der Waals surface area (Å²) >= 11 is 0. The van der Waals surface area contributed by atoms with Crippen LogP contribution in [0.5, 0.6) is 0 Å². The molecule has 0 aliphatic heterocycles. The van der Waals surface area contributed by atoms with Gasteiger partial charge in [-0.15, -0.1) is 0 Å². The van der Waals surface area contributed by atoms with Gasteiger partial charge in [0, 0.05) is 28.9 Å². The van der Waals surface area contributed by atoms with Crippen molar-refractivity contribution in [2.45, 2.75) is 6.92 Å². The average Bonchev–Trinajstić information content (AvgIpc) is 2.47. The van der Waals surface area contributed by atoms with Crippen LogP contribution in [0.1, 0.15) is 17.3 Å². The molecule has 0 fully saturated rings. The van der Waals surface area contributed by atoms with E-state index in [1.807, 2.05) is 48.8 Å². The van der Waals surface area contributed by atoms with Crippen molar-refractivity contribution in [1.82, 2.24) is 4.98 Å². The molecule has 0 bridgehead atoms. The molecule has 0 N–H and O–H groups in total. The number of ketones is 1. The summed E-state index contributed by atoms with van der Waals surface area (Å²) in [6, 6.07) is 15.8. The molecule has 0 atom stereocenters. The van der Waals surface area contributed by atoms with Crippen LogP contribution in [-0.2, 0) is 0 Å². The van der Waals surface area contributed by atoms with Crippen molar-refractivity contribution in [2.24, 2.45) is 0 Å². The van der Waals surface area contributed by atoms with Crippen LogP contribution in [0.2, 0.25) is 0 Å². The monoisotopic (exact) mass is 247 g/mol. The largest absolute Gasteiger partial charge is 0.295 e. The smallest absolute Gasteiger partial charge is 0.159 e. The summed E-state index contributed by atoms with van der Waals surface area (Å²) in [7, 11) is 0. The summed E-state index contributed by atoms with van der Waals surface area (Å²) in [6.45, 7) is 1.59. The Kier molecular flexibility index (Phi) is 2.84. The van der Waals surface area contributed by atoms with Gasteiger partial charge in [0.25, 0.3) is 0 Å². The molecule has 0 amide bonds. The molecule has 2 heteroatoms. The second-order valence-electron chi connectivity index (χ2n) is 4.55. The van der Waals surface area contributed by atoms with Crippen molar-refractivity contribution in [3.05, 3.63) is 66.5 Å². The highest BCUT2D eigenvalue weighted by Gasteiger charge is 2.06. The molecule has 1 aromatic heterocycles. The number of benzene rings is 2. The van der Waals surface area contributed by atoms with Crippen LogP contribution in [0.4, 0.5) is 0 Å². The second-order valence-corrected chi connectivity index (χ2v) is 4.55. The predicted molar refractivity (Wildman–Crippen MR) is 77.2 cm³/mol. The highest BCUT2D eigenvalue weighted by molar-refractivity contribution is 6.02. The van der Waals surface area contributed by atoms with Gasteiger partial charge in [-0.05, 0) is 23.9 Å². The number of aromatic nitrogens is 1. The molecule has 19 heavy (non-hydrogen) atoms. The number of Topliss-reactive ketones (excluding diaryl/α,β-unsaturated/α-hetero) is 1. The van der Waals surface area contributed by atoms with Crippen LogP contribution in [0.25, 0.3) is 21.9 Å². The molecule has 0 aliphatic rings. The van der Waals surface area contributed by atoms with E-state index in [0.717, 1.165) is 27.5 Å². The van der Waals surface area contributed by atoms with Gasteiger partial charge in [-0.2, -0.15) is 0 Å². The zero-order chi connectivity index (χ0) is 13.2. The van der Waals surface area contributed by atoms with E-state index in [1.54, 1.807) is 6.92 Å². The highest BCUT2D eigenvalue weighted by atomic mass is 16.1. The van der Waals surface area contributed by atoms with E-state index in [0.29, 0.717) is 0 Å². The van der Waals surface area contributed by atoms with Crippen molar-refractivity contribution in [3.63, 3.8) is 0 Å². The van der Waals surface area contributed by atoms with Gasteiger partial charge < -0.3 is 0 Å². The number of fused-ring (bicyclic) bond motifs is 1.